The number of aliphatic imine (C=N–C) groups is 1. The summed E-state index contributed by atoms with van der Waals surface area (Å²) >= 11 is 5.92. The highest BCUT2D eigenvalue weighted by Crippen LogP contribution is 2.17. The van der Waals surface area contributed by atoms with Gasteiger partial charge in [-0.1, -0.05) is 11.6 Å². The predicted octanol–water partition coefficient (Wildman–Crippen LogP) is 1.95. The fourth-order valence-corrected chi connectivity index (χ4v) is 3.86. The molecular weight excluding hydrogens is 414 g/mol. The molecule has 1 aromatic carbocycles. The second kappa shape index (κ2) is 11.4. The summed E-state index contributed by atoms with van der Waals surface area (Å²) in [4.78, 5) is 11.5. The normalized spacial score (nSPS) is 16.6. The maximum Gasteiger partial charge on any atom is 0.193 e. The molecule has 31 heavy (non-hydrogen) atoms. The Morgan fingerprint density at radius 1 is 1.23 bits per heavy atom. The molecule has 0 aliphatic carbocycles. The molecule has 1 aliphatic rings. The molecule has 1 atom stereocenters. The largest absolute Gasteiger partial charge is 0.492 e. The van der Waals surface area contributed by atoms with Crippen molar-refractivity contribution in [3.05, 3.63) is 47.2 Å². The lowest BCUT2D eigenvalue weighted by atomic mass is 10.1. The fraction of sp³-hybridized carbons (Fsp3) is 0.545. The molecule has 2 heterocycles. The molecule has 0 saturated carbocycles. The molecule has 0 radical (unpaired) electrons. The van der Waals surface area contributed by atoms with Crippen LogP contribution in [-0.4, -0.2) is 97.5 Å². The first-order chi connectivity index (χ1) is 15.0. The standard InChI is InChI=1S/C22H34ClN7O/c1-24-22(25-16-21(27(2)3)18-15-26-28(4)17-18)30-11-9-29(10-12-30)13-14-31-20-7-5-19(23)6-8-20/h5-8,15,17,21H,9-14,16H2,1-4H3,(H,24,25). The van der Waals surface area contributed by atoms with E-state index in [0.717, 1.165) is 56.0 Å². The van der Waals surface area contributed by atoms with Crippen molar-refractivity contribution >= 4 is 17.6 Å². The number of halogens is 1. The molecule has 1 aliphatic heterocycles. The lowest BCUT2D eigenvalue weighted by molar-refractivity contribution is 0.151. The van der Waals surface area contributed by atoms with E-state index in [4.69, 9.17) is 16.3 Å². The van der Waals surface area contributed by atoms with Gasteiger partial charge in [-0.15, -0.1) is 0 Å². The molecule has 170 valence electrons. The topological polar surface area (TPSA) is 61.2 Å². The van der Waals surface area contributed by atoms with Crippen molar-refractivity contribution in [2.75, 3.05) is 67.0 Å². The minimum absolute atomic E-state index is 0.233. The third-order valence-electron chi connectivity index (χ3n) is 5.56. The van der Waals surface area contributed by atoms with Crippen LogP contribution in [0.25, 0.3) is 0 Å². The third kappa shape index (κ3) is 6.85. The van der Waals surface area contributed by atoms with Gasteiger partial charge in [-0.25, -0.2) is 0 Å². The van der Waals surface area contributed by atoms with Gasteiger partial charge in [-0.2, -0.15) is 5.10 Å². The summed E-state index contributed by atoms with van der Waals surface area (Å²) in [6, 6.07) is 7.74. The summed E-state index contributed by atoms with van der Waals surface area (Å²) in [5.74, 6) is 1.81. The van der Waals surface area contributed by atoms with E-state index in [1.165, 1.54) is 5.56 Å². The van der Waals surface area contributed by atoms with Gasteiger partial charge in [0.2, 0.25) is 0 Å². The van der Waals surface area contributed by atoms with Crippen molar-refractivity contribution < 1.29 is 4.74 Å². The van der Waals surface area contributed by atoms with Crippen LogP contribution in [0.3, 0.4) is 0 Å². The van der Waals surface area contributed by atoms with Gasteiger partial charge in [0.1, 0.15) is 12.4 Å². The van der Waals surface area contributed by atoms with Crippen molar-refractivity contribution in [1.29, 1.82) is 0 Å². The number of aromatic nitrogens is 2. The number of piperazine rings is 1. The first-order valence-corrected chi connectivity index (χ1v) is 11.1. The van der Waals surface area contributed by atoms with Gasteiger partial charge in [0.05, 0.1) is 12.2 Å². The summed E-state index contributed by atoms with van der Waals surface area (Å²) in [6.07, 6.45) is 4.00. The highest BCUT2D eigenvalue weighted by Gasteiger charge is 2.21. The Morgan fingerprint density at radius 2 is 1.94 bits per heavy atom. The van der Waals surface area contributed by atoms with E-state index in [1.807, 2.05) is 49.2 Å². The van der Waals surface area contributed by atoms with Gasteiger partial charge in [0, 0.05) is 70.1 Å². The van der Waals surface area contributed by atoms with Crippen LogP contribution in [0.2, 0.25) is 5.02 Å². The van der Waals surface area contributed by atoms with Gasteiger partial charge in [-0.3, -0.25) is 14.6 Å². The van der Waals surface area contributed by atoms with Crippen LogP contribution >= 0.6 is 11.6 Å². The van der Waals surface area contributed by atoms with E-state index in [2.05, 4.69) is 50.4 Å². The summed E-state index contributed by atoms with van der Waals surface area (Å²) in [7, 11) is 7.98. The molecule has 1 aromatic heterocycles. The second-order valence-corrected chi connectivity index (χ2v) is 8.42. The minimum atomic E-state index is 0.233. The average molecular weight is 448 g/mol. The molecule has 0 spiro atoms. The van der Waals surface area contributed by atoms with E-state index >= 15 is 0 Å². The molecular formula is C22H34ClN7O. The number of hydrogen-bond donors (Lipinski definition) is 1. The summed E-state index contributed by atoms with van der Waals surface area (Å²) in [5.41, 5.74) is 1.20. The van der Waals surface area contributed by atoms with Crippen LogP contribution in [-0.2, 0) is 7.05 Å². The van der Waals surface area contributed by atoms with E-state index < -0.39 is 0 Å². The van der Waals surface area contributed by atoms with Gasteiger partial charge >= 0.3 is 0 Å². The number of hydrogen-bond acceptors (Lipinski definition) is 5. The van der Waals surface area contributed by atoms with E-state index in [1.54, 1.807) is 0 Å². The summed E-state index contributed by atoms with van der Waals surface area (Å²) < 4.78 is 7.67. The Labute approximate surface area is 190 Å². The van der Waals surface area contributed by atoms with Crippen LogP contribution in [0, 0.1) is 0 Å². The maximum absolute atomic E-state index is 5.92. The zero-order valence-corrected chi connectivity index (χ0v) is 19.7. The Kier molecular flexibility index (Phi) is 8.57. The zero-order chi connectivity index (χ0) is 22.2. The number of nitrogens with zero attached hydrogens (tertiary/aromatic N) is 6. The Bertz CT molecular complexity index is 829. The maximum atomic E-state index is 5.92. The van der Waals surface area contributed by atoms with E-state index in [9.17, 15) is 0 Å². The molecule has 3 rings (SSSR count). The van der Waals surface area contributed by atoms with Crippen molar-refractivity contribution in [2.45, 2.75) is 6.04 Å². The number of likely N-dealkylation sites (N-methyl/N-ethyl adjacent to an activating group) is 1. The number of rotatable bonds is 8. The lowest BCUT2D eigenvalue weighted by Gasteiger charge is -2.37. The number of nitrogens with one attached hydrogen (secondary N) is 1. The number of ether oxygens (including phenoxy) is 1. The smallest absolute Gasteiger partial charge is 0.193 e. The number of guanidine groups is 1. The molecule has 0 bridgehead atoms. The minimum Gasteiger partial charge on any atom is -0.492 e. The van der Waals surface area contributed by atoms with Gasteiger partial charge in [0.25, 0.3) is 0 Å². The number of aryl methyl sites for hydroxylation is 1. The molecule has 1 fully saturated rings. The molecule has 1 unspecified atom stereocenters. The van der Waals surface area contributed by atoms with Gasteiger partial charge < -0.3 is 19.9 Å². The molecule has 8 nitrogen and oxygen atoms in total. The Morgan fingerprint density at radius 3 is 2.52 bits per heavy atom. The van der Waals surface area contributed by atoms with Crippen LogP contribution in [0.15, 0.2) is 41.7 Å². The van der Waals surface area contributed by atoms with Crippen molar-refractivity contribution in [2.24, 2.45) is 12.0 Å². The monoisotopic (exact) mass is 447 g/mol. The average Bonchev–Trinajstić information content (AvgIpc) is 3.19. The van der Waals surface area contributed by atoms with Crippen molar-refractivity contribution in [1.82, 2.24) is 29.8 Å². The van der Waals surface area contributed by atoms with Crippen molar-refractivity contribution in [3.63, 3.8) is 0 Å². The SMILES string of the molecule is CN=C(NCC(c1cnn(C)c1)N(C)C)N1CCN(CCOc2ccc(Cl)cc2)CC1. The lowest BCUT2D eigenvalue weighted by Crippen LogP contribution is -2.53. The summed E-state index contributed by atoms with van der Waals surface area (Å²) in [6.45, 7) is 6.23. The fourth-order valence-electron chi connectivity index (χ4n) is 3.74. The van der Waals surface area contributed by atoms with E-state index in [0.29, 0.717) is 6.61 Å². The van der Waals surface area contributed by atoms with Crippen LogP contribution in [0.4, 0.5) is 0 Å². The number of benzene rings is 1. The molecule has 2 aromatic rings. The Balaban J connectivity index is 1.42. The third-order valence-corrected chi connectivity index (χ3v) is 5.81. The van der Waals surface area contributed by atoms with E-state index in [-0.39, 0.29) is 6.04 Å². The highest BCUT2D eigenvalue weighted by atomic mass is 35.5. The van der Waals surface area contributed by atoms with Crippen LogP contribution < -0.4 is 10.1 Å². The predicted molar refractivity (Wildman–Crippen MR) is 126 cm³/mol. The van der Waals surface area contributed by atoms with Gasteiger partial charge in [-0.05, 0) is 38.4 Å². The summed E-state index contributed by atoms with van der Waals surface area (Å²) in [5, 5.41) is 8.59. The molecule has 0 amide bonds. The Hall–Kier alpha value is -2.29. The van der Waals surface area contributed by atoms with Gasteiger partial charge in [0.15, 0.2) is 5.96 Å². The molecule has 1 saturated heterocycles. The van der Waals surface area contributed by atoms with Crippen LogP contribution in [0.5, 0.6) is 5.75 Å². The quantitative estimate of drug-likeness (QED) is 0.493. The first-order valence-electron chi connectivity index (χ1n) is 10.7. The van der Waals surface area contributed by atoms with Crippen molar-refractivity contribution in [3.8, 4) is 5.75 Å². The zero-order valence-electron chi connectivity index (χ0n) is 19.0. The van der Waals surface area contributed by atoms with Crippen LogP contribution in [0.1, 0.15) is 11.6 Å². The first kappa shape index (κ1) is 23.4. The molecule has 9 heteroatoms. The molecule has 1 N–H and O–H groups in total. The highest BCUT2D eigenvalue weighted by molar-refractivity contribution is 6.30. The second-order valence-electron chi connectivity index (χ2n) is 7.99.